The number of rotatable bonds is 8. The Bertz CT molecular complexity index is 995. The molecule has 0 spiro atoms. The van der Waals surface area contributed by atoms with Crippen LogP contribution in [0.1, 0.15) is 56.1 Å². The second kappa shape index (κ2) is 8.21. The number of aromatic nitrogens is 1. The molecule has 7 heteroatoms. The average molecular weight is 439 g/mol. The molecule has 5 N–H and O–H groups in total. The molecule has 170 valence electrons. The topological polar surface area (TPSA) is 100 Å². The molecule has 1 amide bonds. The fraction of sp³-hybridized carbons (Fsp3) is 0.520. The number of nitrogens with two attached hydrogens (primary N) is 1. The van der Waals surface area contributed by atoms with E-state index in [2.05, 4.69) is 15.6 Å². The highest BCUT2D eigenvalue weighted by Gasteiger charge is 2.50. The van der Waals surface area contributed by atoms with Crippen LogP contribution in [0.5, 0.6) is 0 Å². The van der Waals surface area contributed by atoms with Crippen molar-refractivity contribution < 1.29 is 14.3 Å². The standard InChI is InChI=1S/C25H31FN4O2/c26-20-6-5-19(25(27,10-7-16-1-2-16)18-8-11-28-12-9-18)13-21(20)30-23(31)22-14-24(32,15-29-22)17-3-4-17/h5-6,8-9,11-13,16-17,22,29,32H,1-4,7,10,14-15,27H2,(H,30,31). The molecule has 1 aromatic heterocycles. The van der Waals surface area contributed by atoms with E-state index in [1.807, 2.05) is 12.1 Å². The van der Waals surface area contributed by atoms with Gasteiger partial charge in [-0.25, -0.2) is 4.39 Å². The molecule has 3 atom stereocenters. The number of amides is 1. The fourth-order valence-corrected chi connectivity index (χ4v) is 4.98. The second-order valence-corrected chi connectivity index (χ2v) is 9.89. The van der Waals surface area contributed by atoms with Crippen LogP contribution >= 0.6 is 0 Å². The number of hydrogen-bond donors (Lipinski definition) is 4. The number of nitrogens with one attached hydrogen (secondary N) is 2. The molecular formula is C25H31FN4O2. The lowest BCUT2D eigenvalue weighted by molar-refractivity contribution is -0.118. The van der Waals surface area contributed by atoms with Crippen molar-refractivity contribution in [3.63, 3.8) is 0 Å². The van der Waals surface area contributed by atoms with E-state index in [9.17, 15) is 14.3 Å². The minimum Gasteiger partial charge on any atom is -0.388 e. The number of pyridine rings is 1. The van der Waals surface area contributed by atoms with Gasteiger partial charge in [-0.2, -0.15) is 0 Å². The van der Waals surface area contributed by atoms with Crippen LogP contribution in [0.4, 0.5) is 10.1 Å². The quantitative estimate of drug-likeness (QED) is 0.508. The van der Waals surface area contributed by atoms with Gasteiger partial charge < -0.3 is 21.5 Å². The first-order valence-electron chi connectivity index (χ1n) is 11.6. The first-order valence-corrected chi connectivity index (χ1v) is 11.6. The van der Waals surface area contributed by atoms with Crippen molar-refractivity contribution in [2.45, 2.75) is 62.1 Å². The smallest absolute Gasteiger partial charge is 0.241 e. The van der Waals surface area contributed by atoms with Gasteiger partial charge in [0, 0.05) is 25.4 Å². The lowest BCUT2D eigenvalue weighted by Crippen LogP contribution is -2.39. The van der Waals surface area contributed by atoms with Crippen molar-refractivity contribution in [3.8, 4) is 0 Å². The van der Waals surface area contributed by atoms with E-state index < -0.39 is 23.0 Å². The Kier molecular flexibility index (Phi) is 5.51. The van der Waals surface area contributed by atoms with Gasteiger partial charge in [0.15, 0.2) is 0 Å². The van der Waals surface area contributed by atoms with E-state index in [1.54, 1.807) is 24.5 Å². The number of aliphatic hydroxyl groups is 1. The number of benzene rings is 1. The van der Waals surface area contributed by atoms with Crippen LogP contribution in [0.15, 0.2) is 42.7 Å². The molecular weight excluding hydrogens is 407 g/mol. The molecule has 2 aromatic rings. The van der Waals surface area contributed by atoms with E-state index >= 15 is 0 Å². The minimum absolute atomic E-state index is 0.117. The number of anilines is 1. The third-order valence-corrected chi connectivity index (χ3v) is 7.44. The molecule has 1 aliphatic heterocycles. The van der Waals surface area contributed by atoms with E-state index in [4.69, 9.17) is 5.73 Å². The van der Waals surface area contributed by atoms with Gasteiger partial charge in [0.1, 0.15) is 5.82 Å². The van der Waals surface area contributed by atoms with Crippen LogP contribution in [-0.2, 0) is 10.3 Å². The number of carbonyl (C=O) groups excluding carboxylic acids is 1. The molecule has 3 unspecified atom stereocenters. The molecule has 5 rings (SSSR count). The van der Waals surface area contributed by atoms with Crippen LogP contribution < -0.4 is 16.4 Å². The monoisotopic (exact) mass is 438 g/mol. The zero-order chi connectivity index (χ0) is 22.3. The SMILES string of the molecule is NC(CCC1CC1)(c1ccncc1)c1ccc(F)c(NC(=O)C2CC(O)(C3CC3)CN2)c1. The van der Waals surface area contributed by atoms with Crippen LogP contribution in [-0.4, -0.2) is 34.2 Å². The number of β-amino-alcohol motifs (C(OH)–C–C–N with tert-alkyl or cyclic N) is 1. The number of hydrogen-bond acceptors (Lipinski definition) is 5. The Hall–Kier alpha value is -2.35. The summed E-state index contributed by atoms with van der Waals surface area (Å²) in [5, 5.41) is 16.6. The lowest BCUT2D eigenvalue weighted by Gasteiger charge is -2.31. The van der Waals surface area contributed by atoms with Gasteiger partial charge in [0.05, 0.1) is 22.9 Å². The van der Waals surface area contributed by atoms with Gasteiger partial charge in [-0.1, -0.05) is 18.9 Å². The predicted molar refractivity (Wildman–Crippen MR) is 120 cm³/mol. The molecule has 0 bridgehead atoms. The summed E-state index contributed by atoms with van der Waals surface area (Å²) < 4.78 is 14.7. The van der Waals surface area contributed by atoms with Gasteiger partial charge in [-0.15, -0.1) is 0 Å². The lowest BCUT2D eigenvalue weighted by atomic mass is 9.79. The van der Waals surface area contributed by atoms with Crippen LogP contribution in [0.3, 0.4) is 0 Å². The summed E-state index contributed by atoms with van der Waals surface area (Å²) in [6, 6.07) is 7.99. The summed E-state index contributed by atoms with van der Waals surface area (Å²) >= 11 is 0. The second-order valence-electron chi connectivity index (χ2n) is 9.89. The van der Waals surface area contributed by atoms with Crippen molar-refractivity contribution in [3.05, 3.63) is 59.7 Å². The zero-order valence-electron chi connectivity index (χ0n) is 18.2. The van der Waals surface area contributed by atoms with E-state index in [-0.39, 0.29) is 17.5 Å². The fourth-order valence-electron chi connectivity index (χ4n) is 4.98. The first-order chi connectivity index (χ1) is 15.4. The first kappa shape index (κ1) is 21.5. The summed E-state index contributed by atoms with van der Waals surface area (Å²) in [5.74, 6) is 0.134. The molecule has 2 aliphatic carbocycles. The summed E-state index contributed by atoms with van der Waals surface area (Å²) in [5.41, 5.74) is 7.12. The third-order valence-electron chi connectivity index (χ3n) is 7.44. The van der Waals surface area contributed by atoms with E-state index in [0.29, 0.717) is 18.9 Å². The zero-order valence-corrected chi connectivity index (χ0v) is 18.2. The van der Waals surface area contributed by atoms with E-state index in [1.165, 1.54) is 18.9 Å². The molecule has 2 saturated carbocycles. The van der Waals surface area contributed by atoms with Crippen molar-refractivity contribution in [2.24, 2.45) is 17.6 Å². The maximum atomic E-state index is 14.7. The number of carbonyl (C=O) groups is 1. The van der Waals surface area contributed by atoms with Gasteiger partial charge in [0.2, 0.25) is 5.91 Å². The van der Waals surface area contributed by atoms with Crippen molar-refractivity contribution >= 4 is 11.6 Å². The molecule has 1 aromatic carbocycles. The number of nitrogens with zero attached hydrogens (tertiary/aromatic N) is 1. The molecule has 3 fully saturated rings. The largest absolute Gasteiger partial charge is 0.388 e. The predicted octanol–water partition coefficient (Wildman–Crippen LogP) is 3.05. The minimum atomic E-state index is -0.834. The van der Waals surface area contributed by atoms with Crippen LogP contribution in [0.25, 0.3) is 0 Å². The highest BCUT2D eigenvalue weighted by molar-refractivity contribution is 5.95. The Morgan fingerprint density at radius 3 is 2.66 bits per heavy atom. The van der Waals surface area contributed by atoms with Crippen LogP contribution in [0, 0.1) is 17.7 Å². The molecule has 3 aliphatic rings. The molecule has 1 saturated heterocycles. The summed E-state index contributed by atoms with van der Waals surface area (Å²) in [4.78, 5) is 17.0. The van der Waals surface area contributed by atoms with Gasteiger partial charge in [-0.05, 0) is 72.9 Å². The Labute approximate surface area is 187 Å². The molecule has 2 heterocycles. The Morgan fingerprint density at radius 1 is 1.22 bits per heavy atom. The molecule has 32 heavy (non-hydrogen) atoms. The summed E-state index contributed by atoms with van der Waals surface area (Å²) in [6.07, 6.45) is 9.99. The van der Waals surface area contributed by atoms with Crippen molar-refractivity contribution in [1.82, 2.24) is 10.3 Å². The maximum absolute atomic E-state index is 14.7. The number of halogens is 1. The van der Waals surface area contributed by atoms with Gasteiger partial charge in [-0.3, -0.25) is 9.78 Å². The highest BCUT2D eigenvalue weighted by atomic mass is 19.1. The van der Waals surface area contributed by atoms with Crippen molar-refractivity contribution in [1.29, 1.82) is 0 Å². The summed E-state index contributed by atoms with van der Waals surface area (Å²) in [7, 11) is 0. The molecule has 0 radical (unpaired) electrons. The maximum Gasteiger partial charge on any atom is 0.241 e. The van der Waals surface area contributed by atoms with E-state index in [0.717, 1.165) is 36.8 Å². The van der Waals surface area contributed by atoms with Crippen molar-refractivity contribution in [2.75, 3.05) is 11.9 Å². The third kappa shape index (κ3) is 4.29. The molecule has 6 nitrogen and oxygen atoms in total. The highest BCUT2D eigenvalue weighted by Crippen LogP contribution is 2.44. The normalized spacial score (nSPS) is 27.2. The van der Waals surface area contributed by atoms with Gasteiger partial charge in [0.25, 0.3) is 0 Å². The average Bonchev–Trinajstić information content (AvgIpc) is 3.72. The Morgan fingerprint density at radius 2 is 1.97 bits per heavy atom. The summed E-state index contributed by atoms with van der Waals surface area (Å²) in [6.45, 7) is 0.396. The Balaban J connectivity index is 1.37. The van der Waals surface area contributed by atoms with Gasteiger partial charge >= 0.3 is 0 Å². The van der Waals surface area contributed by atoms with Crippen LogP contribution in [0.2, 0.25) is 0 Å².